The van der Waals surface area contributed by atoms with Crippen molar-refractivity contribution in [3.8, 4) is 11.8 Å². The molecule has 2 rings (SSSR count). The van der Waals surface area contributed by atoms with Crippen LogP contribution < -0.4 is 10.1 Å². The maximum absolute atomic E-state index is 8.86. The SMILES string of the molecule is COc1cc(C#N)ccc1NCc1ccc(C)cc1. The molecule has 0 unspecified atom stereocenters. The number of rotatable bonds is 4. The second-order valence-corrected chi connectivity index (χ2v) is 4.37. The maximum atomic E-state index is 8.86. The zero-order chi connectivity index (χ0) is 13.7. The van der Waals surface area contributed by atoms with Crippen molar-refractivity contribution in [1.82, 2.24) is 0 Å². The van der Waals surface area contributed by atoms with E-state index in [-0.39, 0.29) is 0 Å². The van der Waals surface area contributed by atoms with Crippen LogP contribution in [0.25, 0.3) is 0 Å². The highest BCUT2D eigenvalue weighted by Gasteiger charge is 2.04. The van der Waals surface area contributed by atoms with E-state index in [2.05, 4.69) is 42.6 Å². The topological polar surface area (TPSA) is 45.0 Å². The summed E-state index contributed by atoms with van der Waals surface area (Å²) in [6, 6.07) is 15.9. The molecule has 3 nitrogen and oxygen atoms in total. The number of methoxy groups -OCH3 is 1. The van der Waals surface area contributed by atoms with Gasteiger partial charge in [0.25, 0.3) is 0 Å². The number of nitrogens with zero attached hydrogens (tertiary/aromatic N) is 1. The van der Waals surface area contributed by atoms with Gasteiger partial charge in [0.2, 0.25) is 0 Å². The summed E-state index contributed by atoms with van der Waals surface area (Å²) in [6.07, 6.45) is 0. The number of aryl methyl sites for hydroxylation is 1. The number of benzene rings is 2. The lowest BCUT2D eigenvalue weighted by Gasteiger charge is -2.11. The highest BCUT2D eigenvalue weighted by molar-refractivity contribution is 5.59. The second kappa shape index (κ2) is 5.92. The van der Waals surface area contributed by atoms with Gasteiger partial charge in [-0.3, -0.25) is 0 Å². The van der Waals surface area contributed by atoms with Gasteiger partial charge in [0.05, 0.1) is 24.4 Å². The molecule has 0 aromatic heterocycles. The first-order chi connectivity index (χ1) is 9.22. The Balaban J connectivity index is 2.11. The van der Waals surface area contributed by atoms with Crippen LogP contribution in [0.2, 0.25) is 0 Å². The lowest BCUT2D eigenvalue weighted by molar-refractivity contribution is 0.416. The zero-order valence-corrected chi connectivity index (χ0v) is 11.1. The first-order valence-corrected chi connectivity index (χ1v) is 6.10. The third-order valence-corrected chi connectivity index (χ3v) is 2.93. The third kappa shape index (κ3) is 3.26. The predicted molar refractivity (Wildman–Crippen MR) is 76.2 cm³/mol. The Labute approximate surface area is 113 Å². The highest BCUT2D eigenvalue weighted by atomic mass is 16.5. The molecule has 96 valence electrons. The molecule has 0 amide bonds. The summed E-state index contributed by atoms with van der Waals surface area (Å²) in [4.78, 5) is 0. The molecule has 3 heteroatoms. The summed E-state index contributed by atoms with van der Waals surface area (Å²) in [5, 5.41) is 12.2. The molecule has 0 saturated heterocycles. The van der Waals surface area contributed by atoms with Crippen LogP contribution in [0.15, 0.2) is 42.5 Å². The average molecular weight is 252 g/mol. The van der Waals surface area contributed by atoms with E-state index in [1.54, 1.807) is 19.2 Å². The van der Waals surface area contributed by atoms with Gasteiger partial charge in [-0.15, -0.1) is 0 Å². The number of ether oxygens (including phenoxy) is 1. The fraction of sp³-hybridized carbons (Fsp3) is 0.188. The van der Waals surface area contributed by atoms with Crippen molar-refractivity contribution in [2.45, 2.75) is 13.5 Å². The molecule has 0 atom stereocenters. The Morgan fingerprint density at radius 2 is 1.89 bits per heavy atom. The second-order valence-electron chi connectivity index (χ2n) is 4.37. The van der Waals surface area contributed by atoms with Crippen molar-refractivity contribution in [3.05, 3.63) is 59.2 Å². The van der Waals surface area contributed by atoms with Gasteiger partial charge in [-0.2, -0.15) is 5.26 Å². The van der Waals surface area contributed by atoms with E-state index >= 15 is 0 Å². The molecule has 0 aliphatic heterocycles. The van der Waals surface area contributed by atoms with Gasteiger partial charge < -0.3 is 10.1 Å². The summed E-state index contributed by atoms with van der Waals surface area (Å²) in [5.41, 5.74) is 3.94. The van der Waals surface area contributed by atoms with Gasteiger partial charge in [-0.05, 0) is 24.6 Å². The van der Waals surface area contributed by atoms with E-state index in [1.807, 2.05) is 6.07 Å². The van der Waals surface area contributed by atoms with Gasteiger partial charge in [0, 0.05) is 12.6 Å². The molecular weight excluding hydrogens is 236 g/mol. The standard InChI is InChI=1S/C16H16N2O/c1-12-3-5-13(6-4-12)11-18-15-8-7-14(10-17)9-16(15)19-2/h3-9,18H,11H2,1-2H3. The summed E-state index contributed by atoms with van der Waals surface area (Å²) in [5.74, 6) is 0.686. The van der Waals surface area contributed by atoms with Gasteiger partial charge in [-0.25, -0.2) is 0 Å². The Morgan fingerprint density at radius 1 is 1.16 bits per heavy atom. The number of anilines is 1. The largest absolute Gasteiger partial charge is 0.495 e. The Kier molecular flexibility index (Phi) is 4.04. The first-order valence-electron chi connectivity index (χ1n) is 6.10. The number of hydrogen-bond acceptors (Lipinski definition) is 3. The van der Waals surface area contributed by atoms with Crippen LogP contribution in [0.4, 0.5) is 5.69 Å². The first kappa shape index (κ1) is 13.0. The summed E-state index contributed by atoms with van der Waals surface area (Å²) < 4.78 is 5.28. The van der Waals surface area contributed by atoms with Crippen LogP contribution in [0.3, 0.4) is 0 Å². The third-order valence-electron chi connectivity index (χ3n) is 2.93. The van der Waals surface area contributed by atoms with E-state index < -0.39 is 0 Å². The fourth-order valence-corrected chi connectivity index (χ4v) is 1.81. The van der Waals surface area contributed by atoms with Crippen molar-refractivity contribution in [3.63, 3.8) is 0 Å². The Hall–Kier alpha value is -2.47. The van der Waals surface area contributed by atoms with Crippen molar-refractivity contribution < 1.29 is 4.74 Å². The average Bonchev–Trinajstić information content (AvgIpc) is 2.46. The molecule has 2 aromatic rings. The monoisotopic (exact) mass is 252 g/mol. The quantitative estimate of drug-likeness (QED) is 0.906. The molecule has 0 heterocycles. The molecule has 0 saturated carbocycles. The van der Waals surface area contributed by atoms with Crippen molar-refractivity contribution in [1.29, 1.82) is 5.26 Å². The van der Waals surface area contributed by atoms with E-state index in [9.17, 15) is 0 Å². The lowest BCUT2D eigenvalue weighted by atomic mass is 10.1. The normalized spacial score (nSPS) is 9.74. The van der Waals surface area contributed by atoms with E-state index in [0.717, 1.165) is 12.2 Å². The predicted octanol–water partition coefficient (Wildman–Crippen LogP) is 3.49. The van der Waals surface area contributed by atoms with E-state index in [4.69, 9.17) is 10.00 Å². The van der Waals surface area contributed by atoms with Gasteiger partial charge in [-0.1, -0.05) is 29.8 Å². The zero-order valence-electron chi connectivity index (χ0n) is 11.1. The highest BCUT2D eigenvalue weighted by Crippen LogP contribution is 2.25. The van der Waals surface area contributed by atoms with Gasteiger partial charge in [0.1, 0.15) is 5.75 Å². The van der Waals surface area contributed by atoms with Crippen LogP contribution in [-0.2, 0) is 6.54 Å². The Morgan fingerprint density at radius 3 is 2.53 bits per heavy atom. The molecule has 1 N–H and O–H groups in total. The molecule has 2 aromatic carbocycles. The Bertz CT molecular complexity index is 597. The maximum Gasteiger partial charge on any atom is 0.143 e. The van der Waals surface area contributed by atoms with Crippen LogP contribution >= 0.6 is 0 Å². The number of hydrogen-bond donors (Lipinski definition) is 1. The summed E-state index contributed by atoms with van der Waals surface area (Å²) in [7, 11) is 1.60. The molecule has 0 radical (unpaired) electrons. The van der Waals surface area contributed by atoms with E-state index in [0.29, 0.717) is 11.3 Å². The van der Waals surface area contributed by atoms with Crippen LogP contribution in [0, 0.1) is 18.3 Å². The van der Waals surface area contributed by atoms with Crippen LogP contribution in [0.1, 0.15) is 16.7 Å². The summed E-state index contributed by atoms with van der Waals surface area (Å²) >= 11 is 0. The smallest absolute Gasteiger partial charge is 0.143 e. The molecule has 0 bridgehead atoms. The molecule has 0 fully saturated rings. The lowest BCUT2D eigenvalue weighted by Crippen LogP contribution is -2.01. The molecule has 0 aliphatic rings. The minimum Gasteiger partial charge on any atom is -0.495 e. The van der Waals surface area contributed by atoms with Crippen LogP contribution in [0.5, 0.6) is 5.75 Å². The molecule has 0 spiro atoms. The molecule has 19 heavy (non-hydrogen) atoms. The number of nitriles is 1. The van der Waals surface area contributed by atoms with Crippen LogP contribution in [-0.4, -0.2) is 7.11 Å². The van der Waals surface area contributed by atoms with Crippen molar-refractivity contribution in [2.24, 2.45) is 0 Å². The van der Waals surface area contributed by atoms with Gasteiger partial charge >= 0.3 is 0 Å². The van der Waals surface area contributed by atoms with Crippen molar-refractivity contribution >= 4 is 5.69 Å². The number of nitrogens with one attached hydrogen (secondary N) is 1. The minimum atomic E-state index is 0.595. The fourth-order valence-electron chi connectivity index (χ4n) is 1.81. The molecule has 0 aliphatic carbocycles. The summed E-state index contributed by atoms with van der Waals surface area (Å²) in [6.45, 7) is 2.80. The minimum absolute atomic E-state index is 0.595. The van der Waals surface area contributed by atoms with Crippen molar-refractivity contribution in [2.75, 3.05) is 12.4 Å². The van der Waals surface area contributed by atoms with Gasteiger partial charge in [0.15, 0.2) is 0 Å². The molecular formula is C16H16N2O. The van der Waals surface area contributed by atoms with E-state index in [1.165, 1.54) is 11.1 Å².